The molecule has 0 aliphatic rings. The van der Waals surface area contributed by atoms with Crippen molar-refractivity contribution in [2.24, 2.45) is 4.99 Å². The van der Waals surface area contributed by atoms with Gasteiger partial charge in [-0.15, -0.1) is 30.6 Å². The molecular weight excluding hydrogens is 325 g/mol. The molecule has 0 saturated carbocycles. The fraction of sp³-hybridized carbons (Fsp3) is 0.769. The molecule has 0 unspecified atom stereocenters. The van der Waals surface area contributed by atoms with E-state index in [0.717, 1.165) is 25.5 Å². The molecule has 0 aromatic heterocycles. The number of guanidine groups is 1. The van der Waals surface area contributed by atoms with Gasteiger partial charge in [-0.05, 0) is 26.2 Å². The summed E-state index contributed by atoms with van der Waals surface area (Å²) in [5.41, 5.74) is 0. The van der Waals surface area contributed by atoms with E-state index >= 15 is 0 Å². The Morgan fingerprint density at radius 2 is 1.82 bits per heavy atom. The number of nitrogens with zero attached hydrogens (tertiary/aromatic N) is 3. The van der Waals surface area contributed by atoms with Crippen LogP contribution in [0.2, 0.25) is 0 Å². The van der Waals surface area contributed by atoms with E-state index in [4.69, 9.17) is 0 Å². The van der Waals surface area contributed by atoms with Crippen LogP contribution in [0.5, 0.6) is 0 Å². The summed E-state index contributed by atoms with van der Waals surface area (Å²) < 4.78 is 0. The highest BCUT2D eigenvalue weighted by Gasteiger charge is 2.07. The van der Waals surface area contributed by atoms with E-state index in [2.05, 4.69) is 35.3 Å². The molecule has 0 radical (unpaired) electrons. The predicted molar refractivity (Wildman–Crippen MR) is 88.4 cm³/mol. The molecule has 0 fully saturated rings. The highest BCUT2D eigenvalue weighted by molar-refractivity contribution is 14.0. The molecule has 0 aromatic rings. The standard InChI is InChI=1S/C13H27N3.HI/c1-6-8-9-10-11-12-16(5)13(14-7-2)15(3)4;/h6H,1,7-12H2,2-5H3;1H. The molecule has 0 bridgehead atoms. The Labute approximate surface area is 124 Å². The molecule has 3 nitrogen and oxygen atoms in total. The highest BCUT2D eigenvalue weighted by Crippen LogP contribution is 2.02. The molecule has 0 aliphatic carbocycles. The summed E-state index contributed by atoms with van der Waals surface area (Å²) in [4.78, 5) is 8.80. The van der Waals surface area contributed by atoms with E-state index in [9.17, 15) is 0 Å². The Kier molecular flexibility index (Phi) is 13.7. The summed E-state index contributed by atoms with van der Waals surface area (Å²) in [6, 6.07) is 0. The lowest BCUT2D eigenvalue weighted by Gasteiger charge is -2.26. The van der Waals surface area contributed by atoms with E-state index in [-0.39, 0.29) is 24.0 Å². The number of allylic oxidation sites excluding steroid dienone is 1. The fourth-order valence-corrected chi connectivity index (χ4v) is 1.66. The lowest BCUT2D eigenvalue weighted by Crippen LogP contribution is -2.38. The van der Waals surface area contributed by atoms with Crippen LogP contribution >= 0.6 is 24.0 Å². The first-order valence-electron chi connectivity index (χ1n) is 6.17. The number of unbranched alkanes of at least 4 members (excludes halogenated alkanes) is 3. The number of halogens is 1. The molecule has 0 amide bonds. The van der Waals surface area contributed by atoms with Gasteiger partial charge < -0.3 is 9.80 Å². The van der Waals surface area contributed by atoms with Gasteiger partial charge >= 0.3 is 0 Å². The lowest BCUT2D eigenvalue weighted by molar-refractivity contribution is 0.408. The van der Waals surface area contributed by atoms with Crippen molar-refractivity contribution in [1.82, 2.24) is 9.80 Å². The fourth-order valence-electron chi connectivity index (χ4n) is 1.66. The first kappa shape index (κ1) is 19.1. The summed E-state index contributed by atoms with van der Waals surface area (Å²) in [5.74, 6) is 1.08. The second-order valence-corrected chi connectivity index (χ2v) is 4.23. The van der Waals surface area contributed by atoms with Crippen LogP contribution in [0.25, 0.3) is 0 Å². The van der Waals surface area contributed by atoms with Crippen LogP contribution in [0.15, 0.2) is 17.6 Å². The Bertz CT molecular complexity index is 215. The third-order valence-electron chi connectivity index (χ3n) is 2.44. The first-order valence-corrected chi connectivity index (χ1v) is 6.17. The van der Waals surface area contributed by atoms with Crippen molar-refractivity contribution in [3.8, 4) is 0 Å². The summed E-state index contributed by atoms with van der Waals surface area (Å²) in [6.45, 7) is 7.72. The summed E-state index contributed by atoms with van der Waals surface area (Å²) in [6.07, 6.45) is 6.87. The second kappa shape index (κ2) is 12.2. The Morgan fingerprint density at radius 1 is 1.18 bits per heavy atom. The van der Waals surface area contributed by atoms with Gasteiger partial charge in [0.2, 0.25) is 0 Å². The molecule has 0 rings (SSSR count). The van der Waals surface area contributed by atoms with Crippen molar-refractivity contribution >= 4 is 29.9 Å². The van der Waals surface area contributed by atoms with Crippen LogP contribution in [0.3, 0.4) is 0 Å². The summed E-state index contributed by atoms with van der Waals surface area (Å²) in [5, 5.41) is 0. The average molecular weight is 353 g/mol. The van der Waals surface area contributed by atoms with Crippen LogP contribution < -0.4 is 0 Å². The zero-order chi connectivity index (χ0) is 12.4. The first-order chi connectivity index (χ1) is 7.63. The third kappa shape index (κ3) is 9.44. The van der Waals surface area contributed by atoms with E-state index < -0.39 is 0 Å². The molecule has 4 heteroatoms. The van der Waals surface area contributed by atoms with Crippen LogP contribution in [-0.2, 0) is 0 Å². The monoisotopic (exact) mass is 353 g/mol. The molecule has 102 valence electrons. The molecule has 0 aromatic carbocycles. The molecule has 0 saturated heterocycles. The smallest absolute Gasteiger partial charge is 0.195 e. The van der Waals surface area contributed by atoms with Gasteiger partial charge in [0.15, 0.2) is 5.96 Å². The minimum absolute atomic E-state index is 0. The maximum absolute atomic E-state index is 4.49. The van der Waals surface area contributed by atoms with Crippen molar-refractivity contribution < 1.29 is 0 Å². The van der Waals surface area contributed by atoms with Gasteiger partial charge in [0.25, 0.3) is 0 Å². The average Bonchev–Trinajstić information content (AvgIpc) is 2.24. The van der Waals surface area contributed by atoms with Crippen molar-refractivity contribution in [1.29, 1.82) is 0 Å². The van der Waals surface area contributed by atoms with Gasteiger partial charge in [0, 0.05) is 34.2 Å². The van der Waals surface area contributed by atoms with Gasteiger partial charge in [-0.3, -0.25) is 4.99 Å². The van der Waals surface area contributed by atoms with E-state index in [0.29, 0.717) is 0 Å². The lowest BCUT2D eigenvalue weighted by atomic mass is 10.2. The van der Waals surface area contributed by atoms with Crippen LogP contribution in [0, 0.1) is 0 Å². The maximum atomic E-state index is 4.49. The molecule has 0 atom stereocenters. The molecule has 0 spiro atoms. The summed E-state index contributed by atoms with van der Waals surface area (Å²) in [7, 11) is 6.20. The zero-order valence-corrected chi connectivity index (χ0v) is 14.1. The topological polar surface area (TPSA) is 18.8 Å². The minimum atomic E-state index is 0. The molecule has 0 aliphatic heterocycles. The molecular formula is C13H28IN3. The number of aliphatic imine (C=N–C) groups is 1. The zero-order valence-electron chi connectivity index (χ0n) is 11.8. The number of rotatable bonds is 7. The third-order valence-corrected chi connectivity index (χ3v) is 2.44. The van der Waals surface area contributed by atoms with E-state index in [1.165, 1.54) is 19.3 Å². The molecule has 0 N–H and O–H groups in total. The van der Waals surface area contributed by atoms with Crippen molar-refractivity contribution in [2.45, 2.75) is 32.6 Å². The van der Waals surface area contributed by atoms with Crippen molar-refractivity contribution in [3.05, 3.63) is 12.7 Å². The quantitative estimate of drug-likeness (QED) is 0.230. The van der Waals surface area contributed by atoms with Gasteiger partial charge in [-0.1, -0.05) is 12.5 Å². The Hall–Kier alpha value is -0.260. The van der Waals surface area contributed by atoms with Gasteiger partial charge in [-0.25, -0.2) is 0 Å². The minimum Gasteiger partial charge on any atom is -0.349 e. The largest absolute Gasteiger partial charge is 0.349 e. The Balaban J connectivity index is 0. The second-order valence-electron chi connectivity index (χ2n) is 4.23. The van der Waals surface area contributed by atoms with Crippen molar-refractivity contribution in [3.63, 3.8) is 0 Å². The van der Waals surface area contributed by atoms with Gasteiger partial charge in [0.05, 0.1) is 0 Å². The highest BCUT2D eigenvalue weighted by atomic mass is 127. The van der Waals surface area contributed by atoms with Gasteiger partial charge in [0.1, 0.15) is 0 Å². The molecule has 0 heterocycles. The van der Waals surface area contributed by atoms with E-state index in [1.807, 2.05) is 20.2 Å². The van der Waals surface area contributed by atoms with Crippen LogP contribution in [0.4, 0.5) is 0 Å². The van der Waals surface area contributed by atoms with E-state index in [1.54, 1.807) is 0 Å². The SMILES string of the molecule is C=CCCCCCN(C)C(=NCC)N(C)C.I. The normalized spacial score (nSPS) is 10.7. The Morgan fingerprint density at radius 3 is 2.29 bits per heavy atom. The van der Waals surface area contributed by atoms with Crippen molar-refractivity contribution in [2.75, 3.05) is 34.2 Å². The van der Waals surface area contributed by atoms with Crippen LogP contribution in [-0.4, -0.2) is 50.0 Å². The summed E-state index contributed by atoms with van der Waals surface area (Å²) >= 11 is 0. The van der Waals surface area contributed by atoms with Gasteiger partial charge in [-0.2, -0.15) is 0 Å². The molecule has 17 heavy (non-hydrogen) atoms. The number of hydrogen-bond donors (Lipinski definition) is 0. The predicted octanol–water partition coefficient (Wildman–Crippen LogP) is 3.22. The maximum Gasteiger partial charge on any atom is 0.195 e. The van der Waals surface area contributed by atoms with Crippen LogP contribution in [0.1, 0.15) is 32.6 Å². The number of hydrogen-bond acceptors (Lipinski definition) is 1.